The van der Waals surface area contributed by atoms with Crippen molar-refractivity contribution in [3.63, 3.8) is 0 Å². The summed E-state index contributed by atoms with van der Waals surface area (Å²) in [5.41, 5.74) is 28.6. The van der Waals surface area contributed by atoms with E-state index in [1.807, 2.05) is 24.5 Å². The highest BCUT2D eigenvalue weighted by atomic mass is 14.8. The first-order chi connectivity index (χ1) is 35.7. The van der Waals surface area contributed by atoms with E-state index >= 15 is 0 Å². The van der Waals surface area contributed by atoms with Crippen molar-refractivity contribution in [2.45, 2.75) is 10.8 Å². The van der Waals surface area contributed by atoms with Crippen LogP contribution in [-0.2, 0) is 10.8 Å². The zero-order valence-electron chi connectivity index (χ0n) is 38.9. The van der Waals surface area contributed by atoms with Gasteiger partial charge < -0.3 is 0 Å². The standard InChI is InChI=1S/C68H40N4/c1-5-19-53-45(15-1)46-16-2-6-20-54(46)67(53)57-37-41(61-23-11-13-35-69-61)27-31-49(57)51-33-29-43(39-59(51)67)65-66(72-64-26-10-9-25-63(64)71-65)44-30-34-52-50-32-28-42(62-24-12-14-36-70-62)38-58(50)68(60(52)40-44)55-21-7-3-17-47(55)48-18-4-8-22-56(48)68/h1-40H. The van der Waals surface area contributed by atoms with Crippen molar-refractivity contribution >= 4 is 11.0 Å². The second-order valence-corrected chi connectivity index (χ2v) is 19.6. The number of nitrogens with zero attached hydrogens (tertiary/aromatic N) is 4. The third-order valence-corrected chi connectivity index (χ3v) is 16.2. The predicted octanol–water partition coefficient (Wildman–Crippen LogP) is 15.8. The van der Waals surface area contributed by atoms with Crippen LogP contribution in [0.1, 0.15) is 44.5 Å². The minimum absolute atomic E-state index is 0.577. The molecule has 0 saturated carbocycles. The molecule has 4 heteroatoms. The van der Waals surface area contributed by atoms with E-state index in [4.69, 9.17) is 19.9 Å². The first-order valence-electron chi connectivity index (χ1n) is 24.8. The highest BCUT2D eigenvalue weighted by Gasteiger charge is 2.53. The quantitative estimate of drug-likeness (QED) is 0.177. The van der Waals surface area contributed by atoms with Crippen molar-refractivity contribution < 1.29 is 0 Å². The van der Waals surface area contributed by atoms with Gasteiger partial charge in [-0.2, -0.15) is 0 Å². The van der Waals surface area contributed by atoms with Gasteiger partial charge in [-0.3, -0.25) is 9.97 Å². The Bertz CT molecular complexity index is 3920. The Kier molecular flexibility index (Phi) is 7.99. The molecule has 3 heterocycles. The van der Waals surface area contributed by atoms with Crippen LogP contribution < -0.4 is 0 Å². The summed E-state index contributed by atoms with van der Waals surface area (Å²) in [6.07, 6.45) is 3.76. The van der Waals surface area contributed by atoms with Crippen LogP contribution in [0.5, 0.6) is 0 Å². The second-order valence-electron chi connectivity index (χ2n) is 19.6. The molecule has 0 aliphatic heterocycles. The molecule has 3 aromatic heterocycles. The molecule has 4 aliphatic carbocycles. The van der Waals surface area contributed by atoms with Gasteiger partial charge in [0.1, 0.15) is 0 Å². The molecular weight excluding hydrogens is 873 g/mol. The number of rotatable bonds is 4. The first-order valence-corrected chi connectivity index (χ1v) is 24.8. The lowest BCUT2D eigenvalue weighted by molar-refractivity contribution is 0.794. The fourth-order valence-electron chi connectivity index (χ4n) is 13.4. The number of aromatic nitrogens is 4. The van der Waals surface area contributed by atoms with Gasteiger partial charge in [0, 0.05) is 34.6 Å². The molecule has 2 spiro atoms. The minimum atomic E-state index is -0.577. The summed E-state index contributed by atoms with van der Waals surface area (Å²) in [6.45, 7) is 0. The van der Waals surface area contributed by atoms with Crippen molar-refractivity contribution in [2.24, 2.45) is 0 Å². The molecular formula is C68H40N4. The van der Waals surface area contributed by atoms with E-state index < -0.39 is 10.8 Å². The largest absolute Gasteiger partial charge is 0.256 e. The Morgan fingerprint density at radius 1 is 0.236 bits per heavy atom. The summed E-state index contributed by atoms with van der Waals surface area (Å²) in [5.74, 6) is 0. The zero-order chi connectivity index (χ0) is 47.1. The third kappa shape index (κ3) is 5.10. The molecule has 0 unspecified atom stereocenters. The monoisotopic (exact) mass is 912 g/mol. The van der Waals surface area contributed by atoms with Crippen LogP contribution in [0, 0.1) is 0 Å². The number of benzene rings is 9. The summed E-state index contributed by atoms with van der Waals surface area (Å²) in [5, 5.41) is 0. The zero-order valence-corrected chi connectivity index (χ0v) is 38.9. The predicted molar refractivity (Wildman–Crippen MR) is 289 cm³/mol. The minimum Gasteiger partial charge on any atom is -0.256 e. The van der Waals surface area contributed by atoms with Crippen LogP contribution in [0.4, 0.5) is 0 Å². The molecule has 9 aromatic carbocycles. The van der Waals surface area contributed by atoms with Crippen LogP contribution in [0.3, 0.4) is 0 Å². The van der Waals surface area contributed by atoms with Gasteiger partial charge in [-0.15, -0.1) is 0 Å². The van der Waals surface area contributed by atoms with Crippen LogP contribution in [0.15, 0.2) is 243 Å². The van der Waals surface area contributed by atoms with Gasteiger partial charge in [0.2, 0.25) is 0 Å². The molecule has 0 saturated heterocycles. The molecule has 332 valence electrons. The van der Waals surface area contributed by atoms with Crippen LogP contribution >= 0.6 is 0 Å². The van der Waals surface area contributed by atoms with Gasteiger partial charge >= 0.3 is 0 Å². The Labute approximate surface area is 416 Å². The molecule has 12 aromatic rings. The van der Waals surface area contributed by atoms with E-state index in [0.717, 1.165) is 56.1 Å². The summed E-state index contributed by atoms with van der Waals surface area (Å²) in [7, 11) is 0. The van der Waals surface area contributed by atoms with E-state index in [1.54, 1.807) is 0 Å². The SMILES string of the molecule is c1ccc(-c2ccc3c(c2)C2(c4ccccc4-c4ccccc42)c2cc(-c4nc5ccccc5nc4-c4ccc5c(c4)C4(c6ccccc6-c6ccccc64)c4cc(-c6ccccn6)ccc4-5)ccc2-3)nc1. The second kappa shape index (κ2) is 14.6. The third-order valence-electron chi connectivity index (χ3n) is 16.2. The van der Waals surface area contributed by atoms with Gasteiger partial charge in [-0.05, 0) is 150 Å². The summed E-state index contributed by atoms with van der Waals surface area (Å²) >= 11 is 0. The number of pyridine rings is 2. The summed E-state index contributed by atoms with van der Waals surface area (Å²) < 4.78 is 0. The highest BCUT2D eigenvalue weighted by Crippen LogP contribution is 2.65. The van der Waals surface area contributed by atoms with Crippen molar-refractivity contribution in [1.29, 1.82) is 0 Å². The summed E-state index contributed by atoms with van der Waals surface area (Å²) in [6, 6.07) is 84.6. The Hall–Kier alpha value is -9.38. The maximum Gasteiger partial charge on any atom is 0.0973 e. The van der Waals surface area contributed by atoms with Gasteiger partial charge in [0.25, 0.3) is 0 Å². The molecule has 4 nitrogen and oxygen atoms in total. The maximum absolute atomic E-state index is 5.62. The van der Waals surface area contributed by atoms with Gasteiger partial charge in [-0.25, -0.2) is 9.97 Å². The van der Waals surface area contributed by atoms with E-state index in [2.05, 4.69) is 218 Å². The molecule has 0 amide bonds. The van der Waals surface area contributed by atoms with Gasteiger partial charge in [0.05, 0.1) is 44.6 Å². The molecule has 72 heavy (non-hydrogen) atoms. The van der Waals surface area contributed by atoms with Gasteiger partial charge in [-0.1, -0.05) is 170 Å². The van der Waals surface area contributed by atoms with E-state index in [0.29, 0.717) is 0 Å². The topological polar surface area (TPSA) is 51.6 Å². The molecule has 0 atom stereocenters. The van der Waals surface area contributed by atoms with Crippen molar-refractivity contribution in [1.82, 2.24) is 19.9 Å². The highest BCUT2D eigenvalue weighted by molar-refractivity contribution is 6.00. The molecule has 0 N–H and O–H groups in total. The molecule has 0 radical (unpaired) electrons. The number of para-hydroxylation sites is 2. The number of fused-ring (bicyclic) bond motifs is 21. The average Bonchev–Trinajstić information content (AvgIpc) is 4.14. The number of hydrogen-bond acceptors (Lipinski definition) is 4. The van der Waals surface area contributed by atoms with Crippen molar-refractivity contribution in [2.75, 3.05) is 0 Å². The van der Waals surface area contributed by atoms with E-state index in [1.165, 1.54) is 89.0 Å². The Morgan fingerprint density at radius 3 is 0.875 bits per heavy atom. The van der Waals surface area contributed by atoms with E-state index in [-0.39, 0.29) is 0 Å². The fourth-order valence-corrected chi connectivity index (χ4v) is 13.4. The maximum atomic E-state index is 5.62. The van der Waals surface area contributed by atoms with Crippen molar-refractivity contribution in [3.8, 4) is 89.5 Å². The smallest absolute Gasteiger partial charge is 0.0973 e. The fraction of sp³-hybridized carbons (Fsp3) is 0.0294. The first kappa shape index (κ1) is 39.5. The average molecular weight is 913 g/mol. The molecule has 0 fully saturated rings. The number of hydrogen-bond donors (Lipinski definition) is 0. The molecule has 0 bridgehead atoms. The van der Waals surface area contributed by atoms with Crippen molar-refractivity contribution in [3.05, 3.63) is 287 Å². The van der Waals surface area contributed by atoms with Crippen LogP contribution in [-0.4, -0.2) is 19.9 Å². The molecule has 4 aliphatic rings. The van der Waals surface area contributed by atoms with Crippen LogP contribution in [0.25, 0.3) is 101 Å². The Balaban J connectivity index is 0.946. The lowest BCUT2D eigenvalue weighted by Crippen LogP contribution is -2.26. The lowest BCUT2D eigenvalue weighted by Gasteiger charge is -2.31. The van der Waals surface area contributed by atoms with Crippen LogP contribution in [0.2, 0.25) is 0 Å². The van der Waals surface area contributed by atoms with E-state index in [9.17, 15) is 0 Å². The van der Waals surface area contributed by atoms with Gasteiger partial charge in [0.15, 0.2) is 0 Å². The normalized spacial score (nSPS) is 14.1. The lowest BCUT2D eigenvalue weighted by atomic mass is 9.70. The summed E-state index contributed by atoms with van der Waals surface area (Å²) in [4.78, 5) is 20.9. The molecule has 16 rings (SSSR count). The Morgan fingerprint density at radius 2 is 0.528 bits per heavy atom.